The van der Waals surface area contributed by atoms with Crippen LogP contribution in [0.15, 0.2) is 30.3 Å². The van der Waals surface area contributed by atoms with Crippen LogP contribution < -0.4 is 5.32 Å². The van der Waals surface area contributed by atoms with Gasteiger partial charge in [0.1, 0.15) is 0 Å². The summed E-state index contributed by atoms with van der Waals surface area (Å²) in [5.74, 6) is 0. The molecule has 2 aromatic rings. The summed E-state index contributed by atoms with van der Waals surface area (Å²) in [4.78, 5) is 10.5. The average molecular weight is 366 g/mol. The summed E-state index contributed by atoms with van der Waals surface area (Å²) in [6.45, 7) is 0.175. The Morgan fingerprint density at radius 3 is 2.33 bits per heavy atom. The number of nitrogens with one attached hydrogen (secondary N) is 1. The first-order valence-electron chi connectivity index (χ1n) is 5.69. The molecule has 1 N–H and O–H groups in total. The van der Waals surface area contributed by atoms with E-state index in [1.165, 1.54) is 24.3 Å². The lowest BCUT2D eigenvalue weighted by Gasteiger charge is -2.10. The average Bonchev–Trinajstić information content (AvgIpc) is 2.41. The molecule has 0 amide bonds. The molecule has 0 saturated carbocycles. The van der Waals surface area contributed by atoms with Gasteiger partial charge in [-0.3, -0.25) is 10.1 Å². The number of anilines is 1. The third kappa shape index (κ3) is 3.92. The molecule has 0 aromatic heterocycles. The molecular formula is C13H8Cl4N2O2. The van der Waals surface area contributed by atoms with Crippen molar-refractivity contribution in [2.75, 3.05) is 5.32 Å². The van der Waals surface area contributed by atoms with Gasteiger partial charge >= 0.3 is 0 Å². The van der Waals surface area contributed by atoms with Crippen molar-refractivity contribution in [1.29, 1.82) is 0 Å². The highest BCUT2D eigenvalue weighted by molar-refractivity contribution is 6.44. The molecule has 0 radical (unpaired) electrons. The molecule has 110 valence electrons. The number of nitro benzene ring substituents is 1. The van der Waals surface area contributed by atoms with Gasteiger partial charge in [0.05, 0.1) is 31.2 Å². The first-order valence-corrected chi connectivity index (χ1v) is 7.21. The van der Waals surface area contributed by atoms with Crippen LogP contribution in [0.4, 0.5) is 11.4 Å². The van der Waals surface area contributed by atoms with Crippen LogP contribution >= 0.6 is 46.4 Å². The maximum atomic E-state index is 11.0. The molecule has 0 spiro atoms. The molecule has 0 unspecified atom stereocenters. The second kappa shape index (κ2) is 6.71. The lowest BCUT2D eigenvalue weighted by Crippen LogP contribution is -2.03. The molecule has 4 nitrogen and oxygen atoms in total. The van der Waals surface area contributed by atoms with E-state index < -0.39 is 4.92 Å². The maximum Gasteiger partial charge on any atom is 0.274 e. The summed E-state index contributed by atoms with van der Waals surface area (Å²) in [5.41, 5.74) is 0.943. The predicted molar refractivity (Wildman–Crippen MR) is 86.9 cm³/mol. The molecule has 0 fully saturated rings. The molecule has 0 aliphatic carbocycles. The third-order valence-electron chi connectivity index (χ3n) is 2.72. The summed E-state index contributed by atoms with van der Waals surface area (Å²) in [6, 6.07) is 7.41. The molecule has 2 aromatic carbocycles. The lowest BCUT2D eigenvalue weighted by atomic mass is 10.1. The second-order valence-corrected chi connectivity index (χ2v) is 5.79. The fraction of sp³-hybridized carbons (Fsp3) is 0.0769. The van der Waals surface area contributed by atoms with Crippen molar-refractivity contribution in [2.45, 2.75) is 6.54 Å². The van der Waals surface area contributed by atoms with Crippen molar-refractivity contribution in [3.8, 4) is 0 Å². The van der Waals surface area contributed by atoms with Crippen LogP contribution in [0.1, 0.15) is 5.56 Å². The van der Waals surface area contributed by atoms with Crippen molar-refractivity contribution < 1.29 is 4.92 Å². The molecule has 0 atom stereocenters. The highest BCUT2D eigenvalue weighted by Crippen LogP contribution is 2.33. The number of hydrogen-bond acceptors (Lipinski definition) is 3. The molecule has 2 rings (SSSR count). The van der Waals surface area contributed by atoms with Crippen LogP contribution in [-0.4, -0.2) is 4.92 Å². The Morgan fingerprint density at radius 2 is 1.67 bits per heavy atom. The zero-order valence-corrected chi connectivity index (χ0v) is 13.4. The molecule has 0 aliphatic heterocycles. The summed E-state index contributed by atoms with van der Waals surface area (Å²) in [5, 5.41) is 15.4. The van der Waals surface area contributed by atoms with E-state index in [1.54, 1.807) is 6.07 Å². The van der Waals surface area contributed by atoms with E-state index in [4.69, 9.17) is 46.4 Å². The lowest BCUT2D eigenvalue weighted by molar-refractivity contribution is -0.385. The second-order valence-electron chi connectivity index (χ2n) is 4.13. The van der Waals surface area contributed by atoms with Crippen LogP contribution in [-0.2, 0) is 6.54 Å². The number of rotatable bonds is 4. The molecule has 0 aliphatic rings. The molecule has 8 heteroatoms. The van der Waals surface area contributed by atoms with Gasteiger partial charge in [0.15, 0.2) is 0 Å². The van der Waals surface area contributed by atoms with Gasteiger partial charge in [-0.2, -0.15) is 0 Å². The molecular weight excluding hydrogens is 358 g/mol. The Morgan fingerprint density at radius 1 is 1.00 bits per heavy atom. The standard InChI is InChI=1S/C13H8Cl4N2O2/c14-8-1-2-13(19(20)21)7(3-8)6-18-12-5-10(16)9(15)4-11(12)17/h1-5,18H,6H2. The van der Waals surface area contributed by atoms with E-state index in [-0.39, 0.29) is 12.2 Å². The minimum Gasteiger partial charge on any atom is -0.379 e. The van der Waals surface area contributed by atoms with Crippen molar-refractivity contribution >= 4 is 57.8 Å². The zero-order valence-electron chi connectivity index (χ0n) is 10.4. The van der Waals surface area contributed by atoms with E-state index in [2.05, 4.69) is 5.32 Å². The number of halogens is 4. The van der Waals surface area contributed by atoms with Gasteiger partial charge in [0, 0.05) is 17.6 Å². The third-order valence-corrected chi connectivity index (χ3v) is 3.99. The quantitative estimate of drug-likeness (QED) is 0.421. The number of nitro groups is 1. The van der Waals surface area contributed by atoms with E-state index in [0.29, 0.717) is 31.3 Å². The molecule has 0 saturated heterocycles. The fourth-order valence-electron chi connectivity index (χ4n) is 1.72. The Bertz CT molecular complexity index is 707. The highest BCUT2D eigenvalue weighted by atomic mass is 35.5. The van der Waals surface area contributed by atoms with Crippen molar-refractivity contribution in [3.05, 3.63) is 66.1 Å². The topological polar surface area (TPSA) is 55.2 Å². The smallest absolute Gasteiger partial charge is 0.274 e. The SMILES string of the molecule is O=[N+]([O-])c1ccc(Cl)cc1CNc1cc(Cl)c(Cl)cc1Cl. The monoisotopic (exact) mass is 364 g/mol. The van der Waals surface area contributed by atoms with Gasteiger partial charge < -0.3 is 5.32 Å². The minimum absolute atomic E-state index is 0.0249. The molecule has 21 heavy (non-hydrogen) atoms. The zero-order chi connectivity index (χ0) is 15.6. The van der Waals surface area contributed by atoms with Gasteiger partial charge in [0.2, 0.25) is 0 Å². The van der Waals surface area contributed by atoms with Crippen LogP contribution in [0.2, 0.25) is 20.1 Å². The van der Waals surface area contributed by atoms with Crippen molar-refractivity contribution in [2.24, 2.45) is 0 Å². The predicted octanol–water partition coefficient (Wildman–Crippen LogP) is 5.82. The summed E-state index contributed by atoms with van der Waals surface area (Å²) < 4.78 is 0. The van der Waals surface area contributed by atoms with Crippen molar-refractivity contribution in [3.63, 3.8) is 0 Å². The van der Waals surface area contributed by atoms with E-state index in [9.17, 15) is 10.1 Å². The largest absolute Gasteiger partial charge is 0.379 e. The number of hydrogen-bond donors (Lipinski definition) is 1. The summed E-state index contributed by atoms with van der Waals surface area (Å²) in [7, 11) is 0. The Kier molecular flexibility index (Phi) is 5.17. The van der Waals surface area contributed by atoms with Crippen LogP contribution in [0, 0.1) is 10.1 Å². The van der Waals surface area contributed by atoms with Gasteiger partial charge in [0.25, 0.3) is 5.69 Å². The summed E-state index contributed by atoms with van der Waals surface area (Å²) >= 11 is 23.7. The number of benzene rings is 2. The van der Waals surface area contributed by atoms with E-state index in [1.807, 2.05) is 0 Å². The Labute approximate surface area is 140 Å². The van der Waals surface area contributed by atoms with E-state index in [0.717, 1.165) is 0 Å². The molecule has 0 bridgehead atoms. The van der Waals surface area contributed by atoms with Gasteiger partial charge in [-0.15, -0.1) is 0 Å². The highest BCUT2D eigenvalue weighted by Gasteiger charge is 2.14. The molecule has 0 heterocycles. The van der Waals surface area contributed by atoms with Crippen LogP contribution in [0.25, 0.3) is 0 Å². The Hall–Kier alpha value is -1.20. The summed E-state index contributed by atoms with van der Waals surface area (Å²) in [6.07, 6.45) is 0. The first-order chi connectivity index (χ1) is 9.88. The van der Waals surface area contributed by atoms with Crippen LogP contribution in [0.3, 0.4) is 0 Å². The van der Waals surface area contributed by atoms with Gasteiger partial charge in [-0.05, 0) is 24.3 Å². The Balaban J connectivity index is 2.26. The minimum atomic E-state index is -0.468. The van der Waals surface area contributed by atoms with Crippen LogP contribution in [0.5, 0.6) is 0 Å². The fourth-order valence-corrected chi connectivity index (χ4v) is 2.53. The van der Waals surface area contributed by atoms with Gasteiger partial charge in [-0.25, -0.2) is 0 Å². The maximum absolute atomic E-state index is 11.0. The van der Waals surface area contributed by atoms with Gasteiger partial charge in [-0.1, -0.05) is 46.4 Å². The van der Waals surface area contributed by atoms with E-state index >= 15 is 0 Å². The van der Waals surface area contributed by atoms with Crippen molar-refractivity contribution in [1.82, 2.24) is 0 Å². The first kappa shape index (κ1) is 16.2. The normalized spacial score (nSPS) is 10.5. The number of nitrogens with zero attached hydrogens (tertiary/aromatic N) is 1.